The van der Waals surface area contributed by atoms with Gasteiger partial charge in [-0.2, -0.15) is 13.2 Å². The van der Waals surface area contributed by atoms with Gasteiger partial charge in [0.05, 0.1) is 0 Å². The first-order valence-electron chi connectivity index (χ1n) is 5.86. The van der Waals surface area contributed by atoms with E-state index in [1.54, 1.807) is 0 Å². The van der Waals surface area contributed by atoms with Gasteiger partial charge in [-0.1, -0.05) is 12.1 Å². The summed E-state index contributed by atoms with van der Waals surface area (Å²) in [5.74, 6) is -2.69. The van der Waals surface area contributed by atoms with Crippen molar-refractivity contribution in [3.63, 3.8) is 0 Å². The zero-order chi connectivity index (χ0) is 14.0. The molecular weight excluding hydrogens is 267 g/mol. The van der Waals surface area contributed by atoms with Gasteiger partial charge in [0.2, 0.25) is 0 Å². The Labute approximate surface area is 107 Å². The molecule has 2 rings (SSSR count). The minimum absolute atomic E-state index is 0.139. The number of hydrogen-bond acceptors (Lipinski definition) is 2. The fraction of sp³-hybridized carbons (Fsp3) is 0.500. The molecule has 0 aromatic heterocycles. The molecule has 1 fully saturated rings. The van der Waals surface area contributed by atoms with Crippen LogP contribution in [0.25, 0.3) is 0 Å². The molecular formula is C12H13F5N2. The molecule has 1 aliphatic rings. The van der Waals surface area contributed by atoms with E-state index in [2.05, 4.69) is 5.32 Å². The van der Waals surface area contributed by atoms with E-state index in [1.165, 1.54) is 0 Å². The van der Waals surface area contributed by atoms with Crippen LogP contribution in [0.15, 0.2) is 18.2 Å². The molecule has 1 N–H and O–H groups in total. The van der Waals surface area contributed by atoms with Crippen molar-refractivity contribution in [1.82, 2.24) is 10.2 Å². The van der Waals surface area contributed by atoms with Crippen molar-refractivity contribution in [2.75, 3.05) is 26.2 Å². The van der Waals surface area contributed by atoms with Crippen LogP contribution in [0.2, 0.25) is 0 Å². The summed E-state index contributed by atoms with van der Waals surface area (Å²) in [6.45, 7) is 1.06. The number of alkyl halides is 3. The fourth-order valence-electron chi connectivity index (χ4n) is 2.25. The molecule has 1 heterocycles. The fourth-order valence-corrected chi connectivity index (χ4v) is 2.25. The molecule has 19 heavy (non-hydrogen) atoms. The van der Waals surface area contributed by atoms with Gasteiger partial charge in [-0.05, 0) is 6.07 Å². The lowest BCUT2D eigenvalue weighted by molar-refractivity contribution is -0.188. The third-order valence-corrected chi connectivity index (χ3v) is 3.10. The van der Waals surface area contributed by atoms with Crippen molar-refractivity contribution in [2.24, 2.45) is 0 Å². The molecule has 0 aliphatic carbocycles. The van der Waals surface area contributed by atoms with Gasteiger partial charge in [-0.15, -0.1) is 0 Å². The summed E-state index contributed by atoms with van der Waals surface area (Å²) < 4.78 is 66.2. The summed E-state index contributed by atoms with van der Waals surface area (Å²) in [6, 6.07) is 0.780. The van der Waals surface area contributed by atoms with E-state index < -0.39 is 29.4 Å². The Morgan fingerprint density at radius 2 is 1.74 bits per heavy atom. The van der Waals surface area contributed by atoms with Gasteiger partial charge in [0.25, 0.3) is 0 Å². The molecule has 1 aromatic carbocycles. The third-order valence-electron chi connectivity index (χ3n) is 3.10. The third kappa shape index (κ3) is 3.03. The number of piperazine rings is 1. The smallest absolute Gasteiger partial charge is 0.314 e. The largest absolute Gasteiger partial charge is 0.408 e. The van der Waals surface area contributed by atoms with E-state index in [0.717, 1.165) is 23.1 Å². The van der Waals surface area contributed by atoms with Gasteiger partial charge in [-0.25, -0.2) is 8.78 Å². The second-order valence-corrected chi connectivity index (χ2v) is 4.37. The van der Waals surface area contributed by atoms with E-state index in [1.807, 2.05) is 0 Å². The molecule has 0 bridgehead atoms. The number of hydrogen-bond donors (Lipinski definition) is 1. The topological polar surface area (TPSA) is 15.3 Å². The second-order valence-electron chi connectivity index (χ2n) is 4.37. The highest BCUT2D eigenvalue weighted by molar-refractivity contribution is 5.24. The lowest BCUT2D eigenvalue weighted by Crippen LogP contribution is -2.49. The average Bonchev–Trinajstić information content (AvgIpc) is 2.35. The molecule has 1 aliphatic heterocycles. The van der Waals surface area contributed by atoms with Gasteiger partial charge in [0, 0.05) is 31.7 Å². The summed E-state index contributed by atoms with van der Waals surface area (Å²) >= 11 is 0. The van der Waals surface area contributed by atoms with E-state index in [9.17, 15) is 22.0 Å². The Balaban J connectivity index is 2.40. The second kappa shape index (κ2) is 5.42. The average molecular weight is 280 g/mol. The van der Waals surface area contributed by atoms with Crippen molar-refractivity contribution in [3.8, 4) is 0 Å². The Kier molecular flexibility index (Phi) is 4.05. The first-order chi connectivity index (χ1) is 8.91. The summed E-state index contributed by atoms with van der Waals surface area (Å²) in [6.07, 6.45) is -4.65. The van der Waals surface area contributed by atoms with Crippen LogP contribution in [0.3, 0.4) is 0 Å². The summed E-state index contributed by atoms with van der Waals surface area (Å²) in [7, 11) is 0. The SMILES string of the molecule is Fc1cccc([C@@H](N2CCNCC2)C(F)(F)F)c1F. The minimum Gasteiger partial charge on any atom is -0.314 e. The lowest BCUT2D eigenvalue weighted by atomic mass is 10.0. The van der Waals surface area contributed by atoms with Crippen LogP contribution < -0.4 is 5.32 Å². The Bertz CT molecular complexity index is 440. The van der Waals surface area contributed by atoms with Crippen LogP contribution in [-0.4, -0.2) is 37.3 Å². The maximum absolute atomic E-state index is 13.6. The van der Waals surface area contributed by atoms with Gasteiger partial charge in [-0.3, -0.25) is 4.90 Å². The molecule has 7 heteroatoms. The highest BCUT2D eigenvalue weighted by Crippen LogP contribution is 2.39. The predicted octanol–water partition coefficient (Wildman–Crippen LogP) is 2.47. The van der Waals surface area contributed by atoms with Crippen molar-refractivity contribution < 1.29 is 22.0 Å². The van der Waals surface area contributed by atoms with Crippen molar-refractivity contribution in [3.05, 3.63) is 35.4 Å². The monoisotopic (exact) mass is 280 g/mol. The van der Waals surface area contributed by atoms with E-state index in [-0.39, 0.29) is 13.1 Å². The maximum Gasteiger partial charge on any atom is 0.408 e. The van der Waals surface area contributed by atoms with Gasteiger partial charge in [0.1, 0.15) is 6.04 Å². The van der Waals surface area contributed by atoms with E-state index in [0.29, 0.717) is 13.1 Å². The molecule has 106 valence electrons. The molecule has 1 saturated heterocycles. The van der Waals surface area contributed by atoms with Gasteiger partial charge >= 0.3 is 6.18 Å². The summed E-state index contributed by atoms with van der Waals surface area (Å²) in [5.41, 5.74) is -0.658. The standard InChI is InChI=1S/C12H13F5N2/c13-9-3-1-2-8(10(9)14)11(12(15,16)17)19-6-4-18-5-7-19/h1-3,11,18H,4-7H2/t11-/m1/s1. The number of halogens is 5. The van der Waals surface area contributed by atoms with E-state index >= 15 is 0 Å². The van der Waals surface area contributed by atoms with Crippen LogP contribution in [0, 0.1) is 11.6 Å². The first kappa shape index (κ1) is 14.2. The van der Waals surface area contributed by atoms with Crippen molar-refractivity contribution in [2.45, 2.75) is 12.2 Å². The summed E-state index contributed by atoms with van der Waals surface area (Å²) in [4.78, 5) is 1.12. The Morgan fingerprint density at radius 3 is 2.32 bits per heavy atom. The number of rotatable bonds is 2. The molecule has 0 radical (unpaired) electrons. The molecule has 0 amide bonds. The molecule has 1 atom stereocenters. The predicted molar refractivity (Wildman–Crippen MR) is 59.6 cm³/mol. The number of nitrogens with zero attached hydrogens (tertiary/aromatic N) is 1. The highest BCUT2D eigenvalue weighted by atomic mass is 19.4. The lowest BCUT2D eigenvalue weighted by Gasteiger charge is -2.36. The highest BCUT2D eigenvalue weighted by Gasteiger charge is 2.46. The Morgan fingerprint density at radius 1 is 1.11 bits per heavy atom. The minimum atomic E-state index is -4.65. The molecule has 0 spiro atoms. The number of benzene rings is 1. The van der Waals surface area contributed by atoms with Crippen molar-refractivity contribution in [1.29, 1.82) is 0 Å². The summed E-state index contributed by atoms with van der Waals surface area (Å²) in [5, 5.41) is 2.92. The molecule has 1 aromatic rings. The van der Waals surface area contributed by atoms with Gasteiger partial charge < -0.3 is 5.32 Å². The first-order valence-corrected chi connectivity index (χ1v) is 5.86. The van der Waals surface area contributed by atoms with E-state index in [4.69, 9.17) is 0 Å². The van der Waals surface area contributed by atoms with Crippen LogP contribution in [0.5, 0.6) is 0 Å². The van der Waals surface area contributed by atoms with Gasteiger partial charge in [0.15, 0.2) is 11.6 Å². The van der Waals surface area contributed by atoms with Crippen molar-refractivity contribution >= 4 is 0 Å². The zero-order valence-corrected chi connectivity index (χ0v) is 9.97. The van der Waals surface area contributed by atoms with Crippen LogP contribution in [0.4, 0.5) is 22.0 Å². The molecule has 0 saturated carbocycles. The molecule has 0 unspecified atom stereocenters. The zero-order valence-electron chi connectivity index (χ0n) is 9.97. The van der Waals surface area contributed by atoms with Crippen LogP contribution >= 0.6 is 0 Å². The Hall–Kier alpha value is -1.21. The van der Waals surface area contributed by atoms with Crippen LogP contribution in [0.1, 0.15) is 11.6 Å². The number of nitrogens with one attached hydrogen (secondary N) is 1. The maximum atomic E-state index is 13.6. The quantitative estimate of drug-likeness (QED) is 0.837. The van der Waals surface area contributed by atoms with Crippen LogP contribution in [-0.2, 0) is 0 Å². The molecule has 2 nitrogen and oxygen atoms in total. The normalized spacial score (nSPS) is 19.4.